The summed E-state index contributed by atoms with van der Waals surface area (Å²) in [4.78, 5) is 11.7. The number of sulfonamides is 1. The van der Waals surface area contributed by atoms with Gasteiger partial charge in [0.2, 0.25) is 15.9 Å². The van der Waals surface area contributed by atoms with E-state index in [0.717, 1.165) is 25.8 Å². The first kappa shape index (κ1) is 17.4. The van der Waals surface area contributed by atoms with Crippen LogP contribution in [0, 0.1) is 0 Å². The Morgan fingerprint density at radius 3 is 2.55 bits per heavy atom. The molecule has 1 heterocycles. The summed E-state index contributed by atoms with van der Waals surface area (Å²) in [5.74, 6) is -0.233. The third kappa shape index (κ3) is 6.67. The zero-order chi connectivity index (χ0) is 15.2. The van der Waals surface area contributed by atoms with E-state index in [9.17, 15) is 13.2 Å². The lowest BCUT2D eigenvalue weighted by Gasteiger charge is -2.23. The van der Waals surface area contributed by atoms with Gasteiger partial charge < -0.3 is 10.6 Å². The first-order valence-corrected chi connectivity index (χ1v) is 8.99. The summed E-state index contributed by atoms with van der Waals surface area (Å²) in [5, 5.41) is 6.01. The highest BCUT2D eigenvalue weighted by molar-refractivity contribution is 7.89. The Morgan fingerprint density at radius 1 is 1.30 bits per heavy atom. The van der Waals surface area contributed by atoms with E-state index in [1.165, 1.54) is 0 Å². The minimum Gasteiger partial charge on any atom is -0.353 e. The van der Waals surface area contributed by atoms with Gasteiger partial charge in [-0.1, -0.05) is 6.42 Å². The fraction of sp³-hybridized carbons (Fsp3) is 0.923. The molecule has 0 aromatic carbocycles. The summed E-state index contributed by atoms with van der Waals surface area (Å²) in [5.41, 5.74) is 0. The molecule has 2 atom stereocenters. The van der Waals surface area contributed by atoms with E-state index < -0.39 is 16.1 Å². The molecule has 0 spiro atoms. The maximum absolute atomic E-state index is 12.0. The normalized spacial score (nSPS) is 21.7. The second-order valence-electron chi connectivity index (χ2n) is 5.76. The zero-order valence-corrected chi connectivity index (χ0v) is 13.4. The lowest BCUT2D eigenvalue weighted by molar-refractivity contribution is -0.122. The van der Waals surface area contributed by atoms with Gasteiger partial charge in [0, 0.05) is 12.1 Å². The molecule has 7 heteroatoms. The fourth-order valence-electron chi connectivity index (χ4n) is 2.26. The van der Waals surface area contributed by atoms with Gasteiger partial charge in [0.15, 0.2) is 0 Å². The Kier molecular flexibility index (Phi) is 6.91. The van der Waals surface area contributed by atoms with Crippen molar-refractivity contribution < 1.29 is 13.2 Å². The van der Waals surface area contributed by atoms with Crippen LogP contribution in [0.5, 0.6) is 0 Å². The van der Waals surface area contributed by atoms with Crippen molar-refractivity contribution >= 4 is 15.9 Å². The molecular formula is C13H27N3O3S. The third-order valence-electron chi connectivity index (χ3n) is 3.33. The molecule has 0 radical (unpaired) electrons. The van der Waals surface area contributed by atoms with Gasteiger partial charge in [-0.3, -0.25) is 4.79 Å². The highest BCUT2D eigenvalue weighted by Crippen LogP contribution is 2.10. The summed E-state index contributed by atoms with van der Waals surface area (Å²) in [7, 11) is -3.41. The molecule has 0 aliphatic carbocycles. The van der Waals surface area contributed by atoms with Crippen LogP contribution in [0.25, 0.3) is 0 Å². The van der Waals surface area contributed by atoms with Gasteiger partial charge in [-0.2, -0.15) is 0 Å². The van der Waals surface area contributed by atoms with Crippen LogP contribution >= 0.6 is 0 Å². The predicted molar refractivity (Wildman–Crippen MR) is 79.9 cm³/mol. The van der Waals surface area contributed by atoms with Crippen molar-refractivity contribution in [2.75, 3.05) is 12.3 Å². The van der Waals surface area contributed by atoms with Crippen LogP contribution in [0.4, 0.5) is 0 Å². The molecule has 1 rings (SSSR count). The molecule has 1 aliphatic rings. The van der Waals surface area contributed by atoms with Gasteiger partial charge in [0.25, 0.3) is 0 Å². The lowest BCUT2D eigenvalue weighted by atomic mass is 10.0. The Bertz CT molecular complexity index is 403. The molecule has 3 N–H and O–H groups in total. The monoisotopic (exact) mass is 305 g/mol. The van der Waals surface area contributed by atoms with Crippen LogP contribution in [0.1, 0.15) is 46.5 Å². The topological polar surface area (TPSA) is 87.3 Å². The molecular weight excluding hydrogens is 278 g/mol. The maximum atomic E-state index is 12.0. The van der Waals surface area contributed by atoms with Crippen LogP contribution in [-0.2, 0) is 14.8 Å². The van der Waals surface area contributed by atoms with Crippen molar-refractivity contribution in [1.29, 1.82) is 0 Å². The Balaban J connectivity index is 2.38. The quantitative estimate of drug-likeness (QED) is 0.633. The maximum Gasteiger partial charge on any atom is 0.238 e. The van der Waals surface area contributed by atoms with E-state index in [4.69, 9.17) is 0 Å². The fourth-order valence-corrected chi connectivity index (χ4v) is 3.62. The number of amides is 1. The minimum atomic E-state index is -3.41. The van der Waals surface area contributed by atoms with E-state index in [0.29, 0.717) is 6.42 Å². The second kappa shape index (κ2) is 7.95. The highest BCUT2D eigenvalue weighted by Gasteiger charge is 2.22. The van der Waals surface area contributed by atoms with E-state index in [1.54, 1.807) is 6.92 Å². The zero-order valence-electron chi connectivity index (χ0n) is 12.6. The molecule has 0 aromatic rings. The van der Waals surface area contributed by atoms with Crippen molar-refractivity contribution in [1.82, 2.24) is 15.4 Å². The van der Waals surface area contributed by atoms with E-state index in [-0.39, 0.29) is 23.7 Å². The SMILES string of the molecule is CC(C)NC(=O)C(C)NS(=O)(=O)CCC1CCCCN1. The van der Waals surface area contributed by atoms with Crippen molar-refractivity contribution in [2.24, 2.45) is 0 Å². The van der Waals surface area contributed by atoms with Crippen molar-refractivity contribution in [2.45, 2.75) is 64.6 Å². The predicted octanol–water partition coefficient (Wildman–Crippen LogP) is 0.351. The number of hydrogen-bond donors (Lipinski definition) is 3. The van der Waals surface area contributed by atoms with Gasteiger partial charge in [0.1, 0.15) is 0 Å². The third-order valence-corrected chi connectivity index (χ3v) is 4.81. The van der Waals surface area contributed by atoms with Crippen molar-refractivity contribution in [3.63, 3.8) is 0 Å². The summed E-state index contributed by atoms with van der Waals surface area (Å²) in [6, 6.07) is -0.456. The Hall–Kier alpha value is -0.660. The molecule has 2 unspecified atom stereocenters. The molecule has 1 fully saturated rings. The Morgan fingerprint density at radius 2 is 2.00 bits per heavy atom. The van der Waals surface area contributed by atoms with Crippen molar-refractivity contribution in [3.8, 4) is 0 Å². The molecule has 20 heavy (non-hydrogen) atoms. The molecule has 6 nitrogen and oxygen atoms in total. The van der Waals surface area contributed by atoms with Gasteiger partial charge >= 0.3 is 0 Å². The average Bonchev–Trinajstić information content (AvgIpc) is 2.36. The van der Waals surface area contributed by atoms with E-state index >= 15 is 0 Å². The summed E-state index contributed by atoms with van der Waals surface area (Å²) >= 11 is 0. The number of carbonyl (C=O) groups excluding carboxylic acids is 1. The number of carbonyl (C=O) groups is 1. The molecule has 0 aromatic heterocycles. The molecule has 1 saturated heterocycles. The van der Waals surface area contributed by atoms with Gasteiger partial charge in [-0.15, -0.1) is 0 Å². The minimum absolute atomic E-state index is 0.000827. The van der Waals surface area contributed by atoms with E-state index in [2.05, 4.69) is 15.4 Å². The van der Waals surface area contributed by atoms with Crippen LogP contribution in [0.3, 0.4) is 0 Å². The van der Waals surface area contributed by atoms with Crippen LogP contribution < -0.4 is 15.4 Å². The number of piperidine rings is 1. The second-order valence-corrected chi connectivity index (χ2v) is 7.63. The largest absolute Gasteiger partial charge is 0.353 e. The van der Waals surface area contributed by atoms with Crippen LogP contribution in [0.15, 0.2) is 0 Å². The summed E-state index contributed by atoms with van der Waals surface area (Å²) < 4.78 is 26.3. The summed E-state index contributed by atoms with van der Waals surface area (Å²) in [6.07, 6.45) is 3.93. The standard InChI is InChI=1S/C13H27N3O3S/c1-10(2)15-13(17)11(3)16-20(18,19)9-7-12-6-4-5-8-14-12/h10-12,14,16H,4-9H2,1-3H3,(H,15,17). The molecule has 1 aliphatic heterocycles. The van der Waals surface area contributed by atoms with Gasteiger partial charge in [-0.05, 0) is 46.6 Å². The van der Waals surface area contributed by atoms with Gasteiger partial charge in [0.05, 0.1) is 11.8 Å². The number of rotatable bonds is 7. The van der Waals surface area contributed by atoms with E-state index in [1.807, 2.05) is 13.8 Å². The highest BCUT2D eigenvalue weighted by atomic mass is 32.2. The summed E-state index contributed by atoms with van der Waals surface area (Å²) in [6.45, 7) is 6.21. The lowest BCUT2D eigenvalue weighted by Crippen LogP contribution is -2.47. The first-order valence-electron chi connectivity index (χ1n) is 7.34. The average molecular weight is 305 g/mol. The Labute approximate surface area is 122 Å². The molecule has 1 amide bonds. The van der Waals surface area contributed by atoms with Crippen molar-refractivity contribution in [3.05, 3.63) is 0 Å². The number of hydrogen-bond acceptors (Lipinski definition) is 4. The number of nitrogens with one attached hydrogen (secondary N) is 3. The van der Waals surface area contributed by atoms with Gasteiger partial charge in [-0.25, -0.2) is 13.1 Å². The first-order chi connectivity index (χ1) is 9.30. The van der Waals surface area contributed by atoms with Crippen LogP contribution in [0.2, 0.25) is 0 Å². The molecule has 118 valence electrons. The van der Waals surface area contributed by atoms with Crippen LogP contribution in [-0.4, -0.2) is 44.7 Å². The smallest absolute Gasteiger partial charge is 0.238 e. The molecule has 0 saturated carbocycles. The molecule has 0 bridgehead atoms.